The maximum absolute atomic E-state index is 12.3. The van der Waals surface area contributed by atoms with Gasteiger partial charge in [0.05, 0.1) is 22.3 Å². The maximum atomic E-state index is 12.3. The van der Waals surface area contributed by atoms with Gasteiger partial charge in [-0.15, -0.1) is 0 Å². The molecule has 1 aromatic carbocycles. The van der Waals surface area contributed by atoms with Crippen LogP contribution in [0.5, 0.6) is 0 Å². The molecule has 7 heteroatoms. The Morgan fingerprint density at radius 2 is 1.94 bits per heavy atom. The third kappa shape index (κ3) is 1.69. The number of hydrogen-bond donors (Lipinski definition) is 1. The first-order valence-electron chi connectivity index (χ1n) is 4.34. The highest BCUT2D eigenvalue weighted by Gasteiger charge is 2.37. The van der Waals surface area contributed by atoms with E-state index in [4.69, 9.17) is 0 Å². The summed E-state index contributed by atoms with van der Waals surface area (Å²) in [6.07, 6.45) is -5.91. The first-order chi connectivity index (χ1) is 7.22. The van der Waals surface area contributed by atoms with E-state index in [1.54, 1.807) is 0 Å². The standard InChI is InChI=1S/C9H7F3O3S/c10-9(11,12)5-1-2-8-6(3-5)7(13)4-16(8,14)15/h1-3,7,13H,4H2. The van der Waals surface area contributed by atoms with Crippen LogP contribution in [0.3, 0.4) is 0 Å². The molecule has 1 aromatic rings. The van der Waals surface area contributed by atoms with E-state index in [1.165, 1.54) is 0 Å². The Kier molecular flexibility index (Phi) is 2.29. The minimum absolute atomic E-state index is 0.171. The second kappa shape index (κ2) is 3.21. The number of halogens is 3. The molecule has 1 atom stereocenters. The van der Waals surface area contributed by atoms with Gasteiger partial charge in [-0.1, -0.05) is 0 Å². The predicted octanol–water partition coefficient (Wildman–Crippen LogP) is 1.53. The number of aliphatic hydroxyl groups is 1. The average molecular weight is 252 g/mol. The van der Waals surface area contributed by atoms with Crippen molar-refractivity contribution in [3.05, 3.63) is 29.3 Å². The van der Waals surface area contributed by atoms with E-state index in [1.807, 2.05) is 0 Å². The summed E-state index contributed by atoms with van der Waals surface area (Å²) in [6, 6.07) is 2.28. The summed E-state index contributed by atoms with van der Waals surface area (Å²) in [6.45, 7) is 0. The molecule has 1 aliphatic rings. The lowest BCUT2D eigenvalue weighted by Gasteiger charge is -2.08. The molecule has 1 unspecified atom stereocenters. The molecule has 0 aliphatic carbocycles. The summed E-state index contributed by atoms with van der Waals surface area (Å²) in [7, 11) is -3.63. The number of sulfone groups is 1. The molecule has 0 saturated carbocycles. The van der Waals surface area contributed by atoms with Gasteiger partial charge in [-0.2, -0.15) is 13.2 Å². The SMILES string of the molecule is O=S1(=O)CC(O)c2cc(C(F)(F)F)ccc21. The normalized spacial score (nSPS) is 23.1. The topological polar surface area (TPSA) is 54.4 Å². The lowest BCUT2D eigenvalue weighted by atomic mass is 10.1. The van der Waals surface area contributed by atoms with Crippen LogP contribution < -0.4 is 0 Å². The molecular formula is C9H7F3O3S. The van der Waals surface area contributed by atoms with Gasteiger partial charge in [0.1, 0.15) is 0 Å². The van der Waals surface area contributed by atoms with Gasteiger partial charge in [0, 0.05) is 5.56 Å². The van der Waals surface area contributed by atoms with Gasteiger partial charge in [0.15, 0.2) is 9.84 Å². The van der Waals surface area contributed by atoms with Gasteiger partial charge in [-0.3, -0.25) is 0 Å². The van der Waals surface area contributed by atoms with Gasteiger partial charge in [0.25, 0.3) is 0 Å². The smallest absolute Gasteiger partial charge is 0.387 e. The Bertz CT molecular complexity index is 533. The van der Waals surface area contributed by atoms with Crippen LogP contribution in [-0.4, -0.2) is 19.3 Å². The number of aliphatic hydroxyl groups excluding tert-OH is 1. The van der Waals surface area contributed by atoms with Gasteiger partial charge < -0.3 is 5.11 Å². The fraction of sp³-hybridized carbons (Fsp3) is 0.333. The second-order valence-corrected chi connectivity index (χ2v) is 5.55. The molecule has 0 amide bonds. The number of benzene rings is 1. The molecule has 0 bridgehead atoms. The van der Waals surface area contributed by atoms with E-state index in [0.717, 1.165) is 6.07 Å². The van der Waals surface area contributed by atoms with Crippen LogP contribution in [0.1, 0.15) is 17.2 Å². The third-order valence-electron chi connectivity index (χ3n) is 2.41. The highest BCUT2D eigenvalue weighted by Crippen LogP contribution is 2.38. The van der Waals surface area contributed by atoms with Gasteiger partial charge >= 0.3 is 6.18 Å². The highest BCUT2D eigenvalue weighted by atomic mass is 32.2. The zero-order valence-electron chi connectivity index (χ0n) is 7.82. The van der Waals surface area contributed by atoms with Crippen LogP contribution in [0, 0.1) is 0 Å². The molecule has 3 nitrogen and oxygen atoms in total. The van der Waals surface area contributed by atoms with Gasteiger partial charge in [-0.25, -0.2) is 8.42 Å². The number of alkyl halides is 3. The number of fused-ring (bicyclic) bond motifs is 1. The van der Waals surface area contributed by atoms with Crippen molar-refractivity contribution in [2.75, 3.05) is 5.75 Å². The van der Waals surface area contributed by atoms with Crippen molar-refractivity contribution in [2.24, 2.45) is 0 Å². The van der Waals surface area contributed by atoms with Crippen molar-refractivity contribution in [1.82, 2.24) is 0 Å². The Morgan fingerprint density at radius 3 is 2.50 bits per heavy atom. The summed E-state index contributed by atoms with van der Waals surface area (Å²) in [5, 5.41) is 9.36. The van der Waals surface area contributed by atoms with Crippen LogP contribution in [0.2, 0.25) is 0 Å². The van der Waals surface area contributed by atoms with Crippen molar-refractivity contribution in [2.45, 2.75) is 17.2 Å². The van der Waals surface area contributed by atoms with Crippen molar-refractivity contribution >= 4 is 9.84 Å². The molecule has 2 rings (SSSR count). The Balaban J connectivity index is 2.62. The van der Waals surface area contributed by atoms with Crippen LogP contribution in [0.15, 0.2) is 23.1 Å². The van der Waals surface area contributed by atoms with Crippen LogP contribution in [-0.2, 0) is 16.0 Å². The molecule has 16 heavy (non-hydrogen) atoms. The van der Waals surface area contributed by atoms with Crippen molar-refractivity contribution < 1.29 is 26.7 Å². The first kappa shape index (κ1) is 11.4. The molecule has 0 saturated heterocycles. The molecule has 0 radical (unpaired) electrons. The second-order valence-electron chi connectivity index (χ2n) is 3.55. The summed E-state index contributed by atoms with van der Waals surface area (Å²) in [4.78, 5) is -0.215. The summed E-state index contributed by atoms with van der Waals surface area (Å²) in [5.74, 6) is -0.552. The molecule has 0 fully saturated rings. The Morgan fingerprint density at radius 1 is 1.31 bits per heavy atom. The summed E-state index contributed by atoms with van der Waals surface area (Å²) >= 11 is 0. The van der Waals surface area contributed by atoms with E-state index in [-0.39, 0.29) is 10.5 Å². The van der Waals surface area contributed by atoms with Crippen LogP contribution in [0.25, 0.3) is 0 Å². The maximum Gasteiger partial charge on any atom is 0.416 e. The van der Waals surface area contributed by atoms with E-state index in [2.05, 4.69) is 0 Å². The van der Waals surface area contributed by atoms with Crippen molar-refractivity contribution in [1.29, 1.82) is 0 Å². The molecule has 0 aromatic heterocycles. The first-order valence-corrected chi connectivity index (χ1v) is 5.99. The zero-order valence-corrected chi connectivity index (χ0v) is 8.64. The van der Waals surface area contributed by atoms with E-state index in [9.17, 15) is 26.7 Å². The number of hydrogen-bond acceptors (Lipinski definition) is 3. The molecular weight excluding hydrogens is 245 g/mol. The van der Waals surface area contributed by atoms with Crippen molar-refractivity contribution in [3.63, 3.8) is 0 Å². The van der Waals surface area contributed by atoms with Gasteiger partial charge in [-0.05, 0) is 18.2 Å². The predicted molar refractivity (Wildman–Crippen MR) is 48.5 cm³/mol. The monoisotopic (exact) mass is 252 g/mol. The summed E-state index contributed by atoms with van der Waals surface area (Å²) in [5.41, 5.74) is -1.13. The van der Waals surface area contributed by atoms with Crippen LogP contribution >= 0.6 is 0 Å². The number of rotatable bonds is 0. The van der Waals surface area contributed by atoms with E-state index >= 15 is 0 Å². The zero-order chi connectivity index (χ0) is 12.1. The third-order valence-corrected chi connectivity index (χ3v) is 4.20. The molecule has 88 valence electrons. The molecule has 1 aliphatic heterocycles. The largest absolute Gasteiger partial charge is 0.416 e. The fourth-order valence-electron chi connectivity index (χ4n) is 1.66. The quantitative estimate of drug-likeness (QED) is 0.761. The summed E-state index contributed by atoms with van der Waals surface area (Å²) < 4.78 is 59.8. The minimum atomic E-state index is -4.54. The lowest BCUT2D eigenvalue weighted by Crippen LogP contribution is -2.06. The fourth-order valence-corrected chi connectivity index (χ4v) is 3.26. The average Bonchev–Trinajstić information content (AvgIpc) is 2.36. The van der Waals surface area contributed by atoms with E-state index in [0.29, 0.717) is 12.1 Å². The minimum Gasteiger partial charge on any atom is -0.387 e. The Labute approximate surface area is 89.4 Å². The van der Waals surface area contributed by atoms with E-state index < -0.39 is 33.4 Å². The van der Waals surface area contributed by atoms with Crippen molar-refractivity contribution in [3.8, 4) is 0 Å². The molecule has 1 heterocycles. The lowest BCUT2D eigenvalue weighted by molar-refractivity contribution is -0.137. The van der Waals surface area contributed by atoms with Gasteiger partial charge in [0.2, 0.25) is 0 Å². The van der Waals surface area contributed by atoms with Crippen LogP contribution in [0.4, 0.5) is 13.2 Å². The highest BCUT2D eigenvalue weighted by molar-refractivity contribution is 7.91. The molecule has 0 spiro atoms. The molecule has 1 N–H and O–H groups in total. The Hall–Kier alpha value is -1.08.